The molecule has 5 saturated carbocycles. The fourth-order valence-electron chi connectivity index (χ4n) is 7.71. The number of thioether (sulfide) groups is 1. The Kier molecular flexibility index (Phi) is 5.20. The van der Waals surface area contributed by atoms with Crippen LogP contribution in [0.3, 0.4) is 0 Å². The maximum atomic E-state index is 13.6. The molecule has 1 saturated heterocycles. The van der Waals surface area contributed by atoms with Crippen LogP contribution in [0.5, 0.6) is 0 Å². The predicted molar refractivity (Wildman–Crippen MR) is 113 cm³/mol. The Morgan fingerprint density at radius 1 is 1.03 bits per heavy atom. The van der Waals surface area contributed by atoms with Crippen LogP contribution in [-0.4, -0.2) is 46.2 Å². The van der Waals surface area contributed by atoms with E-state index in [-0.39, 0.29) is 35.1 Å². The van der Waals surface area contributed by atoms with Crippen LogP contribution in [0.15, 0.2) is 0 Å². The first-order valence-electron chi connectivity index (χ1n) is 11.7. The summed E-state index contributed by atoms with van der Waals surface area (Å²) in [5.41, 5.74) is -0.0813. The van der Waals surface area contributed by atoms with Crippen molar-refractivity contribution in [2.24, 2.45) is 29.6 Å². The fraction of sp³-hybridized carbons (Fsp3) is 0.870. The van der Waals surface area contributed by atoms with E-state index in [1.54, 1.807) is 11.8 Å². The summed E-state index contributed by atoms with van der Waals surface area (Å²) in [6.07, 6.45) is 13.5. The van der Waals surface area contributed by atoms with E-state index in [1.165, 1.54) is 24.2 Å². The van der Waals surface area contributed by atoms with Gasteiger partial charge in [-0.15, -0.1) is 0 Å². The minimum Gasteiger partial charge on any atom is -0.349 e. The minimum absolute atomic E-state index is 0.0682. The third-order valence-electron chi connectivity index (χ3n) is 8.51. The molecule has 3 amide bonds. The largest absolute Gasteiger partial charge is 0.349 e. The first-order valence-corrected chi connectivity index (χ1v) is 13.1. The van der Waals surface area contributed by atoms with Crippen LogP contribution >= 0.6 is 11.8 Å². The molecule has 160 valence electrons. The molecule has 5 nitrogen and oxygen atoms in total. The second-order valence-electron chi connectivity index (χ2n) is 10.5. The highest BCUT2D eigenvalue weighted by atomic mass is 32.2. The first kappa shape index (κ1) is 19.9. The molecule has 0 aromatic heterocycles. The number of hydrogen-bond donors (Lipinski definition) is 1. The average molecular weight is 419 g/mol. The Morgan fingerprint density at radius 3 is 2.03 bits per heavy atom. The fourth-order valence-corrected chi connectivity index (χ4v) is 8.17. The number of carbonyl (C=O) groups is 3. The van der Waals surface area contributed by atoms with Gasteiger partial charge in [0.2, 0.25) is 17.7 Å². The number of rotatable bonds is 6. The zero-order chi connectivity index (χ0) is 20.2. The Balaban J connectivity index is 1.36. The molecule has 6 aliphatic rings. The van der Waals surface area contributed by atoms with Crippen molar-refractivity contribution < 1.29 is 14.4 Å². The molecule has 0 radical (unpaired) electrons. The van der Waals surface area contributed by atoms with E-state index in [0.717, 1.165) is 68.5 Å². The second-order valence-corrected chi connectivity index (χ2v) is 11.5. The van der Waals surface area contributed by atoms with Gasteiger partial charge >= 0.3 is 0 Å². The third-order valence-corrected chi connectivity index (χ3v) is 9.16. The van der Waals surface area contributed by atoms with Crippen molar-refractivity contribution in [1.29, 1.82) is 0 Å². The summed E-state index contributed by atoms with van der Waals surface area (Å²) in [4.78, 5) is 41.2. The highest BCUT2D eigenvalue weighted by Crippen LogP contribution is 2.55. The topological polar surface area (TPSA) is 66.5 Å². The number of amides is 3. The number of fused-ring (bicyclic) bond motifs is 1. The average Bonchev–Trinajstić information content (AvgIpc) is 2.92. The van der Waals surface area contributed by atoms with Crippen LogP contribution in [0.4, 0.5) is 0 Å². The summed E-state index contributed by atoms with van der Waals surface area (Å²) < 4.78 is 0. The molecule has 29 heavy (non-hydrogen) atoms. The van der Waals surface area contributed by atoms with E-state index in [9.17, 15) is 14.4 Å². The molecular weight excluding hydrogens is 384 g/mol. The van der Waals surface area contributed by atoms with Crippen LogP contribution in [0, 0.1) is 29.6 Å². The Labute approximate surface area is 178 Å². The molecule has 1 N–H and O–H groups in total. The van der Waals surface area contributed by atoms with Crippen molar-refractivity contribution in [3.63, 3.8) is 0 Å². The predicted octanol–water partition coefficient (Wildman–Crippen LogP) is 3.37. The maximum Gasteiger partial charge on any atom is 0.243 e. The highest BCUT2D eigenvalue weighted by Gasteiger charge is 2.55. The molecule has 3 atom stereocenters. The third kappa shape index (κ3) is 3.43. The number of carbonyl (C=O) groups excluding carboxylic acids is 3. The number of likely N-dealkylation sites (tertiary alicyclic amines) is 1. The lowest BCUT2D eigenvalue weighted by Gasteiger charge is -2.57. The van der Waals surface area contributed by atoms with Gasteiger partial charge in [-0.1, -0.05) is 12.8 Å². The van der Waals surface area contributed by atoms with E-state index in [0.29, 0.717) is 6.42 Å². The van der Waals surface area contributed by atoms with Crippen LogP contribution in [0.25, 0.3) is 0 Å². The van der Waals surface area contributed by atoms with E-state index < -0.39 is 6.04 Å². The summed E-state index contributed by atoms with van der Waals surface area (Å²) in [6.45, 7) is 0. The van der Waals surface area contributed by atoms with E-state index in [4.69, 9.17) is 0 Å². The molecule has 6 heteroatoms. The van der Waals surface area contributed by atoms with Gasteiger partial charge in [0, 0.05) is 5.54 Å². The summed E-state index contributed by atoms with van der Waals surface area (Å²) in [7, 11) is 0. The monoisotopic (exact) mass is 418 g/mol. The zero-order valence-corrected chi connectivity index (χ0v) is 18.3. The first-order chi connectivity index (χ1) is 14.0. The van der Waals surface area contributed by atoms with Gasteiger partial charge in [-0.25, -0.2) is 0 Å². The molecular formula is C23H34N2O3S. The minimum atomic E-state index is -0.624. The normalized spacial score (nSPS) is 41.6. The van der Waals surface area contributed by atoms with E-state index in [1.807, 2.05) is 6.26 Å². The molecule has 0 aromatic carbocycles. The molecule has 0 spiro atoms. The van der Waals surface area contributed by atoms with Crippen LogP contribution in [0.1, 0.15) is 70.6 Å². The highest BCUT2D eigenvalue weighted by molar-refractivity contribution is 7.98. The van der Waals surface area contributed by atoms with Gasteiger partial charge in [-0.3, -0.25) is 19.3 Å². The van der Waals surface area contributed by atoms with Gasteiger partial charge < -0.3 is 5.32 Å². The van der Waals surface area contributed by atoms with Gasteiger partial charge in [0.1, 0.15) is 6.04 Å². The SMILES string of the molecule is CSCC[C@@H](C(=O)NC12CC3CC(CC(C3)C1)C2)N1C(=O)[C@H]2CCCC[C@H]2C1=O. The van der Waals surface area contributed by atoms with Crippen LogP contribution in [-0.2, 0) is 14.4 Å². The molecule has 4 bridgehead atoms. The van der Waals surface area contributed by atoms with Gasteiger partial charge in [-0.2, -0.15) is 11.8 Å². The lowest BCUT2D eigenvalue weighted by atomic mass is 9.53. The van der Waals surface area contributed by atoms with Gasteiger partial charge in [0.25, 0.3) is 0 Å². The quantitative estimate of drug-likeness (QED) is 0.672. The molecule has 0 unspecified atom stereocenters. The summed E-state index contributed by atoms with van der Waals surface area (Å²) in [5, 5.41) is 3.44. The maximum absolute atomic E-state index is 13.6. The molecule has 5 aliphatic carbocycles. The standard InChI is InChI=1S/C23H34N2O3S/c1-29-7-6-19(25-21(27)17-4-2-3-5-18(17)22(25)28)20(26)24-23-11-14-8-15(12-23)10-16(9-14)13-23/h14-19H,2-13H2,1H3,(H,24,26)/t14?,15?,16?,17-,18+,19-,23?/m0/s1. The molecule has 1 heterocycles. The Hall–Kier alpha value is -1.04. The van der Waals surface area contributed by atoms with Crippen molar-refractivity contribution >= 4 is 29.5 Å². The van der Waals surface area contributed by atoms with E-state index >= 15 is 0 Å². The number of nitrogens with zero attached hydrogens (tertiary/aromatic N) is 1. The second kappa shape index (κ2) is 7.58. The summed E-state index contributed by atoms with van der Waals surface area (Å²) >= 11 is 1.67. The summed E-state index contributed by atoms with van der Waals surface area (Å²) in [6, 6.07) is -0.624. The number of imide groups is 1. The molecule has 6 fully saturated rings. The lowest BCUT2D eigenvalue weighted by molar-refractivity contribution is -0.149. The van der Waals surface area contributed by atoms with Crippen molar-refractivity contribution in [2.75, 3.05) is 12.0 Å². The smallest absolute Gasteiger partial charge is 0.243 e. The molecule has 0 aromatic rings. The zero-order valence-electron chi connectivity index (χ0n) is 17.5. The van der Waals surface area contributed by atoms with Crippen molar-refractivity contribution in [2.45, 2.75) is 82.2 Å². The Bertz CT molecular complexity index is 649. The number of nitrogens with one attached hydrogen (secondary N) is 1. The molecule has 6 rings (SSSR count). The van der Waals surface area contributed by atoms with Crippen LogP contribution in [0.2, 0.25) is 0 Å². The van der Waals surface area contributed by atoms with Crippen LogP contribution < -0.4 is 5.32 Å². The summed E-state index contributed by atoms with van der Waals surface area (Å²) in [5.74, 6) is 2.46. The van der Waals surface area contributed by atoms with E-state index in [2.05, 4.69) is 5.32 Å². The number of hydrogen-bond acceptors (Lipinski definition) is 4. The molecule has 1 aliphatic heterocycles. The van der Waals surface area contributed by atoms with Crippen molar-refractivity contribution in [1.82, 2.24) is 10.2 Å². The van der Waals surface area contributed by atoms with Gasteiger partial charge in [0.05, 0.1) is 11.8 Å². The van der Waals surface area contributed by atoms with Gasteiger partial charge in [-0.05, 0) is 87.5 Å². The van der Waals surface area contributed by atoms with Crippen molar-refractivity contribution in [3.05, 3.63) is 0 Å². The Morgan fingerprint density at radius 2 is 1.55 bits per heavy atom. The van der Waals surface area contributed by atoms with Crippen molar-refractivity contribution in [3.8, 4) is 0 Å². The van der Waals surface area contributed by atoms with Gasteiger partial charge in [0.15, 0.2) is 0 Å². The lowest BCUT2D eigenvalue weighted by Crippen LogP contribution is -2.63.